The van der Waals surface area contributed by atoms with Crippen molar-refractivity contribution in [1.82, 2.24) is 0 Å². The Labute approximate surface area is 152 Å². The molecule has 1 amide bonds. The smallest absolute Gasteiger partial charge is 0.307 e. The van der Waals surface area contributed by atoms with Crippen molar-refractivity contribution in [3.8, 4) is 11.5 Å². The predicted octanol–water partition coefficient (Wildman–Crippen LogP) is 4.16. The van der Waals surface area contributed by atoms with Gasteiger partial charge in [-0.2, -0.15) is 0 Å². The maximum Gasteiger partial charge on any atom is 0.307 e. The molecule has 2 aliphatic rings. The van der Waals surface area contributed by atoms with Gasteiger partial charge in [-0.3, -0.25) is 9.59 Å². The van der Waals surface area contributed by atoms with Gasteiger partial charge in [0.1, 0.15) is 11.5 Å². The number of hydrogen-bond donors (Lipinski definition) is 2. The van der Waals surface area contributed by atoms with Crippen molar-refractivity contribution in [2.45, 2.75) is 19.3 Å². The first-order valence-electron chi connectivity index (χ1n) is 8.98. The van der Waals surface area contributed by atoms with E-state index in [1.54, 1.807) is 24.3 Å². The fourth-order valence-corrected chi connectivity index (χ4v) is 4.48. The number of benzene rings is 2. The summed E-state index contributed by atoms with van der Waals surface area (Å²) in [4.78, 5) is 24.3. The van der Waals surface area contributed by atoms with Crippen LogP contribution in [0.5, 0.6) is 11.5 Å². The molecule has 0 aliphatic heterocycles. The van der Waals surface area contributed by atoms with E-state index in [-0.39, 0.29) is 17.7 Å². The van der Waals surface area contributed by atoms with Crippen LogP contribution in [0, 0.1) is 23.7 Å². The minimum absolute atomic E-state index is 0.148. The van der Waals surface area contributed by atoms with E-state index < -0.39 is 17.8 Å². The topological polar surface area (TPSA) is 75.6 Å². The van der Waals surface area contributed by atoms with Gasteiger partial charge in [-0.15, -0.1) is 0 Å². The van der Waals surface area contributed by atoms with Crippen LogP contribution in [-0.2, 0) is 9.59 Å². The highest BCUT2D eigenvalue weighted by Gasteiger charge is 2.53. The molecule has 26 heavy (non-hydrogen) atoms. The minimum Gasteiger partial charge on any atom is -0.481 e. The van der Waals surface area contributed by atoms with Gasteiger partial charge in [0, 0.05) is 5.69 Å². The number of carboxylic acid groups (broad SMARTS) is 1. The molecule has 0 radical (unpaired) electrons. The van der Waals surface area contributed by atoms with Crippen molar-refractivity contribution in [2.75, 3.05) is 5.32 Å². The summed E-state index contributed by atoms with van der Waals surface area (Å²) in [5.74, 6) is -0.226. The number of carbonyl (C=O) groups excluding carboxylic acids is 1. The summed E-state index contributed by atoms with van der Waals surface area (Å²) in [6.45, 7) is 0. The molecule has 0 saturated heterocycles. The molecule has 0 heterocycles. The quantitative estimate of drug-likeness (QED) is 0.848. The lowest BCUT2D eigenvalue weighted by Crippen LogP contribution is -2.37. The molecule has 4 atom stereocenters. The number of rotatable bonds is 5. The molecule has 0 spiro atoms. The van der Waals surface area contributed by atoms with Gasteiger partial charge in [0.25, 0.3) is 0 Å². The van der Waals surface area contributed by atoms with Crippen LogP contribution in [0.3, 0.4) is 0 Å². The van der Waals surface area contributed by atoms with Gasteiger partial charge in [0.2, 0.25) is 5.91 Å². The molecule has 5 nitrogen and oxygen atoms in total. The second-order valence-electron chi connectivity index (χ2n) is 7.15. The van der Waals surface area contributed by atoms with Crippen molar-refractivity contribution >= 4 is 17.6 Å². The third-order valence-electron chi connectivity index (χ3n) is 5.61. The van der Waals surface area contributed by atoms with Crippen LogP contribution in [0.1, 0.15) is 19.3 Å². The Bertz CT molecular complexity index is 803. The predicted molar refractivity (Wildman–Crippen MR) is 97.0 cm³/mol. The Hall–Kier alpha value is -2.82. The van der Waals surface area contributed by atoms with E-state index in [4.69, 9.17) is 4.74 Å². The summed E-state index contributed by atoms with van der Waals surface area (Å²) in [6.07, 6.45) is 2.74. The summed E-state index contributed by atoms with van der Waals surface area (Å²) in [5, 5.41) is 12.4. The van der Waals surface area contributed by atoms with Gasteiger partial charge >= 0.3 is 5.97 Å². The van der Waals surface area contributed by atoms with Gasteiger partial charge in [0.05, 0.1) is 11.8 Å². The van der Waals surface area contributed by atoms with E-state index in [1.807, 2.05) is 30.3 Å². The Morgan fingerprint density at radius 2 is 1.50 bits per heavy atom. The molecule has 134 valence electrons. The van der Waals surface area contributed by atoms with Gasteiger partial charge < -0.3 is 15.2 Å². The average Bonchev–Trinajstić information content (AvgIpc) is 3.25. The van der Waals surface area contributed by atoms with Crippen LogP contribution < -0.4 is 10.1 Å². The number of carbonyl (C=O) groups is 2. The molecular weight excluding hydrogens is 330 g/mol. The van der Waals surface area contributed by atoms with E-state index in [1.165, 1.54) is 0 Å². The SMILES string of the molecule is O=C(O)[C@@H]1[C@@H]2CC[C@H](C2)[C@H]1C(=O)Nc1ccc(Oc2ccccc2)cc1. The third kappa shape index (κ3) is 3.17. The highest BCUT2D eigenvalue weighted by molar-refractivity contribution is 5.96. The molecule has 2 aliphatic carbocycles. The highest BCUT2D eigenvalue weighted by Crippen LogP contribution is 2.52. The molecule has 5 heteroatoms. The van der Waals surface area contributed by atoms with Crippen molar-refractivity contribution in [1.29, 1.82) is 0 Å². The first-order valence-corrected chi connectivity index (χ1v) is 8.98. The lowest BCUT2D eigenvalue weighted by atomic mass is 9.78. The number of anilines is 1. The largest absolute Gasteiger partial charge is 0.481 e. The number of nitrogens with one attached hydrogen (secondary N) is 1. The normalized spacial score (nSPS) is 26.5. The molecule has 2 saturated carbocycles. The van der Waals surface area contributed by atoms with Gasteiger partial charge in [0.15, 0.2) is 0 Å². The first kappa shape index (κ1) is 16.6. The molecule has 0 aromatic heterocycles. The van der Waals surface area contributed by atoms with Gasteiger partial charge in [-0.1, -0.05) is 18.2 Å². The standard InChI is InChI=1S/C21H21NO4/c23-20(18-13-6-7-14(12-13)19(18)21(24)25)22-15-8-10-17(11-9-15)26-16-4-2-1-3-5-16/h1-5,8-11,13-14,18-19H,6-7,12H2,(H,22,23)(H,24,25)/t13-,14-,18-,19-/m1/s1. The van der Waals surface area contributed by atoms with Crippen molar-refractivity contribution in [2.24, 2.45) is 23.7 Å². The lowest BCUT2D eigenvalue weighted by molar-refractivity contribution is -0.148. The summed E-state index contributed by atoms with van der Waals surface area (Å²) in [6, 6.07) is 16.6. The number of aliphatic carboxylic acids is 1. The van der Waals surface area contributed by atoms with E-state index in [9.17, 15) is 14.7 Å². The molecule has 2 aromatic rings. The fourth-order valence-electron chi connectivity index (χ4n) is 4.48. The van der Waals surface area contributed by atoms with Crippen LogP contribution in [-0.4, -0.2) is 17.0 Å². The highest BCUT2D eigenvalue weighted by atomic mass is 16.5. The number of carboxylic acids is 1. The third-order valence-corrected chi connectivity index (χ3v) is 5.61. The zero-order valence-corrected chi connectivity index (χ0v) is 14.3. The second kappa shape index (κ2) is 6.83. The van der Waals surface area contributed by atoms with Gasteiger partial charge in [-0.25, -0.2) is 0 Å². The molecule has 2 N–H and O–H groups in total. The zero-order chi connectivity index (χ0) is 18.1. The average molecular weight is 351 g/mol. The number of amides is 1. The number of hydrogen-bond acceptors (Lipinski definition) is 3. The molecule has 0 unspecified atom stereocenters. The molecule has 4 rings (SSSR count). The van der Waals surface area contributed by atoms with Crippen LogP contribution in [0.2, 0.25) is 0 Å². The van der Waals surface area contributed by atoms with Crippen molar-refractivity contribution < 1.29 is 19.4 Å². The first-order chi connectivity index (χ1) is 12.6. The Kier molecular flexibility index (Phi) is 4.37. The summed E-state index contributed by atoms with van der Waals surface area (Å²) >= 11 is 0. The fraction of sp³-hybridized carbons (Fsp3) is 0.333. The van der Waals surface area contributed by atoms with Crippen LogP contribution in [0.25, 0.3) is 0 Å². The van der Waals surface area contributed by atoms with E-state index in [2.05, 4.69) is 5.32 Å². The molecular formula is C21H21NO4. The Morgan fingerprint density at radius 1 is 0.885 bits per heavy atom. The molecule has 2 aromatic carbocycles. The summed E-state index contributed by atoms with van der Waals surface area (Å²) in [7, 11) is 0. The molecule has 2 bridgehead atoms. The number of para-hydroxylation sites is 1. The Balaban J connectivity index is 1.42. The van der Waals surface area contributed by atoms with Crippen molar-refractivity contribution in [3.05, 3.63) is 54.6 Å². The maximum absolute atomic E-state index is 12.7. The van der Waals surface area contributed by atoms with Crippen molar-refractivity contribution in [3.63, 3.8) is 0 Å². The van der Waals surface area contributed by atoms with E-state index >= 15 is 0 Å². The van der Waals surface area contributed by atoms with Gasteiger partial charge in [-0.05, 0) is 67.5 Å². The Morgan fingerprint density at radius 3 is 2.15 bits per heavy atom. The van der Waals surface area contributed by atoms with Crippen LogP contribution in [0.4, 0.5) is 5.69 Å². The monoisotopic (exact) mass is 351 g/mol. The van der Waals surface area contributed by atoms with E-state index in [0.717, 1.165) is 25.0 Å². The van der Waals surface area contributed by atoms with Crippen LogP contribution >= 0.6 is 0 Å². The number of ether oxygens (including phenoxy) is 1. The maximum atomic E-state index is 12.7. The minimum atomic E-state index is -0.844. The molecule has 2 fully saturated rings. The second-order valence-corrected chi connectivity index (χ2v) is 7.15. The summed E-state index contributed by atoms with van der Waals surface area (Å²) in [5.41, 5.74) is 0.655. The number of fused-ring (bicyclic) bond motifs is 2. The van der Waals surface area contributed by atoms with Crippen LogP contribution in [0.15, 0.2) is 54.6 Å². The zero-order valence-electron chi connectivity index (χ0n) is 14.3. The van der Waals surface area contributed by atoms with E-state index in [0.29, 0.717) is 11.4 Å². The lowest BCUT2D eigenvalue weighted by Gasteiger charge is -2.27. The summed E-state index contributed by atoms with van der Waals surface area (Å²) < 4.78 is 5.74.